The van der Waals surface area contributed by atoms with Crippen LogP contribution < -0.4 is 10.9 Å². The normalized spacial score (nSPS) is 10.3. The van der Waals surface area contributed by atoms with Crippen LogP contribution in [-0.4, -0.2) is 30.0 Å². The number of anilines is 1. The molecule has 0 unspecified atom stereocenters. The van der Waals surface area contributed by atoms with Crippen molar-refractivity contribution in [2.45, 2.75) is 19.9 Å². The molecule has 0 amide bonds. The quantitative estimate of drug-likeness (QED) is 0.704. The summed E-state index contributed by atoms with van der Waals surface area (Å²) in [6.45, 7) is 3.92. The molecule has 0 aromatic carbocycles. The average molecular weight is 211 g/mol. The Morgan fingerprint density at radius 1 is 1.60 bits per heavy atom. The SMILES string of the molecule is CCOCCCn1ncc(NC)cc1=O. The Morgan fingerprint density at radius 3 is 3.00 bits per heavy atom. The fourth-order valence-electron chi connectivity index (χ4n) is 1.20. The maximum atomic E-state index is 11.5. The van der Waals surface area contributed by atoms with Crippen molar-refractivity contribution in [3.8, 4) is 0 Å². The van der Waals surface area contributed by atoms with E-state index >= 15 is 0 Å². The molecular formula is C10H17N3O2. The molecule has 0 bridgehead atoms. The fraction of sp³-hybridized carbons (Fsp3) is 0.600. The van der Waals surface area contributed by atoms with Crippen LogP contribution in [0.15, 0.2) is 17.1 Å². The molecule has 0 radical (unpaired) electrons. The maximum absolute atomic E-state index is 11.5. The van der Waals surface area contributed by atoms with E-state index in [0.29, 0.717) is 19.8 Å². The van der Waals surface area contributed by atoms with E-state index in [0.717, 1.165) is 12.1 Å². The second-order valence-electron chi connectivity index (χ2n) is 3.11. The van der Waals surface area contributed by atoms with Crippen molar-refractivity contribution in [2.24, 2.45) is 0 Å². The van der Waals surface area contributed by atoms with Gasteiger partial charge in [-0.3, -0.25) is 4.79 Å². The zero-order valence-electron chi connectivity index (χ0n) is 9.19. The van der Waals surface area contributed by atoms with Gasteiger partial charge in [-0.05, 0) is 13.3 Å². The predicted molar refractivity (Wildman–Crippen MR) is 59.2 cm³/mol. The minimum atomic E-state index is -0.0849. The van der Waals surface area contributed by atoms with Gasteiger partial charge in [0.05, 0.1) is 11.9 Å². The van der Waals surface area contributed by atoms with Gasteiger partial charge >= 0.3 is 0 Å². The summed E-state index contributed by atoms with van der Waals surface area (Å²) in [4.78, 5) is 11.5. The zero-order valence-corrected chi connectivity index (χ0v) is 9.19. The Morgan fingerprint density at radius 2 is 2.40 bits per heavy atom. The third-order valence-corrected chi connectivity index (χ3v) is 2.02. The van der Waals surface area contributed by atoms with Gasteiger partial charge in [0.15, 0.2) is 0 Å². The topological polar surface area (TPSA) is 56.1 Å². The van der Waals surface area contributed by atoms with E-state index in [2.05, 4.69) is 10.4 Å². The number of ether oxygens (including phenoxy) is 1. The molecule has 1 aromatic rings. The van der Waals surface area contributed by atoms with Crippen molar-refractivity contribution in [1.82, 2.24) is 9.78 Å². The van der Waals surface area contributed by atoms with E-state index in [1.807, 2.05) is 6.92 Å². The first-order valence-corrected chi connectivity index (χ1v) is 5.10. The highest BCUT2D eigenvalue weighted by Crippen LogP contribution is 1.97. The van der Waals surface area contributed by atoms with Crippen molar-refractivity contribution < 1.29 is 4.74 Å². The molecule has 0 saturated heterocycles. The second kappa shape index (κ2) is 6.19. The smallest absolute Gasteiger partial charge is 0.268 e. The average Bonchev–Trinajstić information content (AvgIpc) is 2.26. The van der Waals surface area contributed by atoms with Crippen LogP contribution in [0.2, 0.25) is 0 Å². The summed E-state index contributed by atoms with van der Waals surface area (Å²) in [6, 6.07) is 1.54. The van der Waals surface area contributed by atoms with Gasteiger partial charge in [0.2, 0.25) is 0 Å². The molecule has 1 rings (SSSR count). The van der Waals surface area contributed by atoms with Crippen molar-refractivity contribution in [3.63, 3.8) is 0 Å². The maximum Gasteiger partial charge on any atom is 0.268 e. The lowest BCUT2D eigenvalue weighted by atomic mass is 10.4. The lowest BCUT2D eigenvalue weighted by molar-refractivity contribution is 0.140. The molecular weight excluding hydrogens is 194 g/mol. The summed E-state index contributed by atoms with van der Waals surface area (Å²) >= 11 is 0. The fourth-order valence-corrected chi connectivity index (χ4v) is 1.20. The van der Waals surface area contributed by atoms with Crippen LogP contribution >= 0.6 is 0 Å². The molecule has 84 valence electrons. The van der Waals surface area contributed by atoms with Gasteiger partial charge in [-0.25, -0.2) is 4.68 Å². The Kier molecular flexibility index (Phi) is 4.83. The minimum Gasteiger partial charge on any atom is -0.387 e. The van der Waals surface area contributed by atoms with Crippen LogP contribution in [0, 0.1) is 0 Å². The second-order valence-corrected chi connectivity index (χ2v) is 3.11. The molecule has 0 saturated carbocycles. The summed E-state index contributed by atoms with van der Waals surface area (Å²) < 4.78 is 6.63. The summed E-state index contributed by atoms with van der Waals surface area (Å²) in [5.74, 6) is 0. The Balaban J connectivity index is 2.51. The standard InChI is InChI=1S/C10H17N3O2/c1-3-15-6-4-5-13-10(14)7-9(11-2)8-12-13/h7-8,11H,3-6H2,1-2H3. The molecule has 0 fully saturated rings. The third-order valence-electron chi connectivity index (χ3n) is 2.02. The number of nitrogens with zero attached hydrogens (tertiary/aromatic N) is 2. The van der Waals surface area contributed by atoms with Crippen LogP contribution in [0.25, 0.3) is 0 Å². The number of nitrogens with one attached hydrogen (secondary N) is 1. The van der Waals surface area contributed by atoms with Gasteiger partial charge in [-0.2, -0.15) is 5.10 Å². The highest BCUT2D eigenvalue weighted by molar-refractivity contribution is 5.37. The molecule has 0 atom stereocenters. The third kappa shape index (κ3) is 3.71. The van der Waals surface area contributed by atoms with E-state index in [9.17, 15) is 4.79 Å². The van der Waals surface area contributed by atoms with Crippen LogP contribution in [0.5, 0.6) is 0 Å². The number of aryl methyl sites for hydroxylation is 1. The molecule has 0 aliphatic carbocycles. The van der Waals surface area contributed by atoms with Crippen molar-refractivity contribution in [1.29, 1.82) is 0 Å². The van der Waals surface area contributed by atoms with Crippen molar-refractivity contribution >= 4 is 5.69 Å². The lowest BCUT2D eigenvalue weighted by Gasteiger charge is -2.05. The van der Waals surface area contributed by atoms with Crippen LogP contribution in [0.3, 0.4) is 0 Å². The van der Waals surface area contributed by atoms with E-state index < -0.39 is 0 Å². The van der Waals surface area contributed by atoms with E-state index in [1.54, 1.807) is 13.2 Å². The van der Waals surface area contributed by atoms with E-state index in [-0.39, 0.29) is 5.56 Å². The summed E-state index contributed by atoms with van der Waals surface area (Å²) in [5, 5.41) is 6.90. The Labute approximate surface area is 89.1 Å². The zero-order chi connectivity index (χ0) is 11.1. The van der Waals surface area contributed by atoms with Gasteiger partial charge in [0.25, 0.3) is 5.56 Å². The molecule has 15 heavy (non-hydrogen) atoms. The van der Waals surface area contributed by atoms with Gasteiger partial charge in [0, 0.05) is 32.9 Å². The number of aromatic nitrogens is 2. The van der Waals surface area contributed by atoms with E-state index in [4.69, 9.17) is 4.74 Å². The van der Waals surface area contributed by atoms with Gasteiger partial charge in [-0.15, -0.1) is 0 Å². The molecule has 1 heterocycles. The molecule has 0 aliphatic rings. The molecule has 5 heteroatoms. The van der Waals surface area contributed by atoms with Crippen LogP contribution in [0.1, 0.15) is 13.3 Å². The minimum absolute atomic E-state index is 0.0849. The number of hydrogen-bond donors (Lipinski definition) is 1. The highest BCUT2D eigenvalue weighted by Gasteiger charge is 1.98. The monoisotopic (exact) mass is 211 g/mol. The van der Waals surface area contributed by atoms with Crippen LogP contribution in [0.4, 0.5) is 5.69 Å². The summed E-state index contributed by atoms with van der Waals surface area (Å²) in [6.07, 6.45) is 2.45. The van der Waals surface area contributed by atoms with E-state index in [1.165, 1.54) is 10.7 Å². The van der Waals surface area contributed by atoms with Gasteiger partial charge in [-0.1, -0.05) is 0 Å². The summed E-state index contributed by atoms with van der Waals surface area (Å²) in [7, 11) is 1.76. The largest absolute Gasteiger partial charge is 0.387 e. The van der Waals surface area contributed by atoms with Gasteiger partial charge in [0.1, 0.15) is 0 Å². The first-order valence-electron chi connectivity index (χ1n) is 5.10. The molecule has 1 N–H and O–H groups in total. The number of rotatable bonds is 6. The first kappa shape index (κ1) is 11.7. The summed E-state index contributed by atoms with van der Waals surface area (Å²) in [5.41, 5.74) is 0.652. The molecule has 5 nitrogen and oxygen atoms in total. The van der Waals surface area contributed by atoms with Crippen molar-refractivity contribution in [3.05, 3.63) is 22.6 Å². The lowest BCUT2D eigenvalue weighted by Crippen LogP contribution is -2.23. The van der Waals surface area contributed by atoms with Crippen molar-refractivity contribution in [2.75, 3.05) is 25.6 Å². The highest BCUT2D eigenvalue weighted by atomic mass is 16.5. The Bertz CT molecular complexity index is 349. The number of hydrogen-bond acceptors (Lipinski definition) is 4. The molecule has 0 aliphatic heterocycles. The molecule has 1 aromatic heterocycles. The predicted octanol–water partition coefficient (Wildman–Crippen LogP) is 0.712. The van der Waals surface area contributed by atoms with Gasteiger partial charge < -0.3 is 10.1 Å². The Hall–Kier alpha value is -1.36. The first-order chi connectivity index (χ1) is 7.27. The molecule has 0 spiro atoms. The van der Waals surface area contributed by atoms with Crippen LogP contribution in [-0.2, 0) is 11.3 Å².